The number of carbonyl (C=O) groups excluding carboxylic acids is 1. The number of aliphatic carboxylic acids is 1. The van der Waals surface area contributed by atoms with Crippen molar-refractivity contribution in [1.29, 1.82) is 0 Å². The Balaban J connectivity index is 1.67. The summed E-state index contributed by atoms with van der Waals surface area (Å²) in [5.74, 6) is -1.15. The molecule has 0 saturated carbocycles. The van der Waals surface area contributed by atoms with Gasteiger partial charge in [-0.15, -0.1) is 23.5 Å². The molecule has 1 fully saturated rings. The molecule has 2 aliphatic heterocycles. The summed E-state index contributed by atoms with van der Waals surface area (Å²) in [6, 6.07) is 3.65. The first-order chi connectivity index (χ1) is 11.9. The fourth-order valence-electron chi connectivity index (χ4n) is 3.46. The van der Waals surface area contributed by atoms with Crippen molar-refractivity contribution in [3.63, 3.8) is 0 Å². The van der Waals surface area contributed by atoms with E-state index in [0.29, 0.717) is 5.08 Å². The third kappa shape index (κ3) is 3.30. The number of carboxylic acids is 1. The number of thioether (sulfide) groups is 2. The molecule has 25 heavy (non-hydrogen) atoms. The minimum Gasteiger partial charge on any atom is -0.477 e. The number of pyridine rings is 1. The molecular weight excluding hydrogens is 360 g/mol. The van der Waals surface area contributed by atoms with Gasteiger partial charge in [0.2, 0.25) is 5.91 Å². The number of nitrogens with zero attached hydrogens (tertiary/aromatic N) is 2. The van der Waals surface area contributed by atoms with Crippen LogP contribution >= 0.6 is 23.5 Å². The zero-order valence-corrected chi connectivity index (χ0v) is 15.6. The van der Waals surface area contributed by atoms with Gasteiger partial charge >= 0.3 is 5.97 Å². The fourth-order valence-corrected chi connectivity index (χ4v) is 5.77. The van der Waals surface area contributed by atoms with E-state index in [1.165, 1.54) is 16.7 Å². The Kier molecular flexibility index (Phi) is 5.41. The fraction of sp³-hybridized carbons (Fsp3) is 0.471. The Labute approximate surface area is 154 Å². The average Bonchev–Trinajstić information content (AvgIpc) is 2.81. The molecule has 134 valence electrons. The van der Waals surface area contributed by atoms with Gasteiger partial charge in [-0.25, -0.2) is 4.79 Å². The smallest absolute Gasteiger partial charge is 0.353 e. The Morgan fingerprint density at radius 1 is 1.48 bits per heavy atom. The second-order valence-corrected chi connectivity index (χ2v) is 8.61. The van der Waals surface area contributed by atoms with Crippen molar-refractivity contribution >= 4 is 35.4 Å². The van der Waals surface area contributed by atoms with Gasteiger partial charge in [0, 0.05) is 34.1 Å². The van der Waals surface area contributed by atoms with E-state index in [2.05, 4.69) is 4.98 Å². The summed E-state index contributed by atoms with van der Waals surface area (Å²) in [5, 5.41) is 20.1. The second kappa shape index (κ2) is 7.39. The van der Waals surface area contributed by atoms with Crippen molar-refractivity contribution in [2.24, 2.45) is 11.8 Å². The molecule has 2 N–H and O–H groups in total. The van der Waals surface area contributed by atoms with Crippen LogP contribution in [0.1, 0.15) is 19.4 Å². The van der Waals surface area contributed by atoms with Crippen LogP contribution in [0.3, 0.4) is 0 Å². The number of hydrogen-bond donors (Lipinski definition) is 2. The number of aliphatic hydroxyl groups excluding tert-OH is 1. The van der Waals surface area contributed by atoms with Gasteiger partial charge in [-0.05, 0) is 18.6 Å². The van der Waals surface area contributed by atoms with E-state index in [4.69, 9.17) is 0 Å². The van der Waals surface area contributed by atoms with Crippen LogP contribution in [0.15, 0.2) is 35.1 Å². The van der Waals surface area contributed by atoms with Crippen molar-refractivity contribution in [1.82, 2.24) is 9.88 Å². The SMILES string of the molecule is C[C@@H](O)[C@@H]1C(=O)N2C(C(=O)O)=C(SCSCc3cccnc3)[C@H](C)[C@@H]12. The number of amides is 1. The molecule has 1 saturated heterocycles. The van der Waals surface area contributed by atoms with E-state index < -0.39 is 18.0 Å². The standard InChI is InChI=1S/C17H20N2O4S2/c1-9-13-12(10(2)20)16(21)19(13)14(17(22)23)15(9)25-8-24-7-11-4-3-5-18-6-11/h3-6,9-10,12-13,20H,7-8H2,1-2H3,(H,22,23)/t9-,10-,12+,13+/m1/s1. The molecule has 1 aromatic rings. The molecule has 2 aliphatic rings. The molecule has 1 amide bonds. The average molecular weight is 380 g/mol. The molecule has 0 radical (unpaired) electrons. The third-order valence-electron chi connectivity index (χ3n) is 4.60. The minimum atomic E-state index is -1.08. The summed E-state index contributed by atoms with van der Waals surface area (Å²) in [7, 11) is 0. The van der Waals surface area contributed by atoms with Gasteiger partial charge in [0.25, 0.3) is 0 Å². The van der Waals surface area contributed by atoms with Crippen molar-refractivity contribution < 1.29 is 19.8 Å². The summed E-state index contributed by atoms with van der Waals surface area (Å²) in [6.07, 6.45) is 2.78. The van der Waals surface area contributed by atoms with Crippen LogP contribution in [0.4, 0.5) is 0 Å². The molecule has 0 spiro atoms. The number of fused-ring (bicyclic) bond motifs is 1. The molecular formula is C17H20N2O4S2. The molecule has 1 aromatic heterocycles. The molecule has 3 heterocycles. The predicted molar refractivity (Wildman–Crippen MR) is 97.6 cm³/mol. The number of carbonyl (C=O) groups is 2. The number of hydrogen-bond acceptors (Lipinski definition) is 6. The van der Waals surface area contributed by atoms with Crippen LogP contribution in [0, 0.1) is 11.8 Å². The zero-order valence-electron chi connectivity index (χ0n) is 14.0. The third-order valence-corrected chi connectivity index (χ3v) is 7.15. The summed E-state index contributed by atoms with van der Waals surface area (Å²) >= 11 is 3.16. The number of aromatic nitrogens is 1. The summed E-state index contributed by atoms with van der Waals surface area (Å²) in [6.45, 7) is 3.52. The first-order valence-corrected chi connectivity index (χ1v) is 10.2. The van der Waals surface area contributed by atoms with Gasteiger partial charge in [0.05, 0.1) is 18.1 Å². The molecule has 3 rings (SSSR count). The maximum atomic E-state index is 12.3. The van der Waals surface area contributed by atoms with Crippen molar-refractivity contribution in [2.75, 3.05) is 5.08 Å². The lowest BCUT2D eigenvalue weighted by molar-refractivity contribution is -0.163. The monoisotopic (exact) mass is 380 g/mol. The van der Waals surface area contributed by atoms with E-state index in [1.54, 1.807) is 24.9 Å². The van der Waals surface area contributed by atoms with E-state index >= 15 is 0 Å². The van der Waals surface area contributed by atoms with Gasteiger partial charge in [-0.1, -0.05) is 13.0 Å². The lowest BCUT2D eigenvalue weighted by Gasteiger charge is -2.46. The van der Waals surface area contributed by atoms with Crippen LogP contribution in [-0.4, -0.2) is 49.2 Å². The molecule has 6 nitrogen and oxygen atoms in total. The second-order valence-electron chi connectivity index (χ2n) is 6.24. The van der Waals surface area contributed by atoms with E-state index in [1.807, 2.05) is 25.3 Å². The normalized spacial score (nSPS) is 26.4. The van der Waals surface area contributed by atoms with Crippen LogP contribution in [0.25, 0.3) is 0 Å². The van der Waals surface area contributed by atoms with Gasteiger partial charge in [0.1, 0.15) is 5.70 Å². The van der Waals surface area contributed by atoms with Crippen molar-refractivity contribution in [3.05, 3.63) is 40.7 Å². The van der Waals surface area contributed by atoms with Crippen molar-refractivity contribution in [2.45, 2.75) is 31.7 Å². The van der Waals surface area contributed by atoms with Crippen molar-refractivity contribution in [3.8, 4) is 0 Å². The number of β-lactam (4-membered cyclic amide) rings is 1. The topological polar surface area (TPSA) is 90.7 Å². The van der Waals surface area contributed by atoms with Gasteiger partial charge in [-0.2, -0.15) is 0 Å². The Morgan fingerprint density at radius 3 is 2.84 bits per heavy atom. The predicted octanol–water partition coefficient (Wildman–Crippen LogP) is 2.16. The number of rotatable bonds is 7. The van der Waals surface area contributed by atoms with Crippen LogP contribution in [-0.2, 0) is 15.3 Å². The van der Waals surface area contributed by atoms with Gasteiger partial charge < -0.3 is 15.1 Å². The molecule has 4 atom stereocenters. The van der Waals surface area contributed by atoms with E-state index in [0.717, 1.165) is 16.2 Å². The Morgan fingerprint density at radius 2 is 2.24 bits per heavy atom. The Bertz CT molecular complexity index is 708. The zero-order chi connectivity index (χ0) is 18.1. The van der Waals surface area contributed by atoms with Gasteiger partial charge in [-0.3, -0.25) is 9.78 Å². The maximum absolute atomic E-state index is 12.3. The number of aliphatic hydroxyl groups is 1. The number of carboxylic acid groups (broad SMARTS) is 1. The molecule has 0 bridgehead atoms. The Hall–Kier alpha value is -1.51. The highest BCUT2D eigenvalue weighted by atomic mass is 32.2. The molecule has 0 aromatic carbocycles. The van der Waals surface area contributed by atoms with Crippen LogP contribution in [0.2, 0.25) is 0 Å². The molecule has 0 aliphatic carbocycles. The van der Waals surface area contributed by atoms with E-state index in [9.17, 15) is 19.8 Å². The first-order valence-electron chi connectivity index (χ1n) is 8.01. The first kappa shape index (κ1) is 18.3. The lowest BCUT2D eigenvalue weighted by atomic mass is 9.79. The summed E-state index contributed by atoms with van der Waals surface area (Å²) in [4.78, 5) is 30.1. The highest BCUT2D eigenvalue weighted by Gasteiger charge is 2.59. The summed E-state index contributed by atoms with van der Waals surface area (Å²) in [5.41, 5.74) is 1.21. The van der Waals surface area contributed by atoms with E-state index in [-0.39, 0.29) is 23.6 Å². The van der Waals surface area contributed by atoms with Gasteiger partial charge in [0.15, 0.2) is 0 Å². The quantitative estimate of drug-likeness (QED) is 0.425. The highest BCUT2D eigenvalue weighted by molar-refractivity contribution is 8.17. The van der Waals surface area contributed by atoms with Crippen LogP contribution < -0.4 is 0 Å². The largest absolute Gasteiger partial charge is 0.477 e. The summed E-state index contributed by atoms with van der Waals surface area (Å²) < 4.78 is 0. The maximum Gasteiger partial charge on any atom is 0.353 e. The highest BCUT2D eigenvalue weighted by Crippen LogP contribution is 2.50. The van der Waals surface area contributed by atoms with Crippen LogP contribution in [0.5, 0.6) is 0 Å². The minimum absolute atomic E-state index is 0.0765. The lowest BCUT2D eigenvalue weighted by Crippen LogP contribution is -2.63. The molecule has 8 heteroatoms. The molecule has 0 unspecified atom stereocenters.